The lowest BCUT2D eigenvalue weighted by Gasteiger charge is -2.31. The molecule has 1 aliphatic rings. The van der Waals surface area contributed by atoms with Gasteiger partial charge >= 0.3 is 0 Å². The second-order valence-electron chi connectivity index (χ2n) is 5.31. The molecule has 22 heavy (non-hydrogen) atoms. The molecule has 0 amide bonds. The Kier molecular flexibility index (Phi) is 6.39. The van der Waals surface area contributed by atoms with Crippen LogP contribution in [0.5, 0.6) is 0 Å². The molecule has 1 fully saturated rings. The molecule has 0 aromatic heterocycles. The largest absolute Gasteiger partial charge is 0.369 e. The van der Waals surface area contributed by atoms with E-state index in [2.05, 4.69) is 34.5 Å². The Morgan fingerprint density at radius 2 is 1.55 bits per heavy atom. The van der Waals surface area contributed by atoms with Crippen molar-refractivity contribution in [2.75, 3.05) is 31.1 Å². The van der Waals surface area contributed by atoms with Crippen molar-refractivity contribution >= 4 is 41.3 Å². The first kappa shape index (κ1) is 17.4. The number of piperazine rings is 1. The van der Waals surface area contributed by atoms with Crippen molar-refractivity contribution in [1.82, 2.24) is 5.32 Å². The first-order valence-corrected chi connectivity index (χ1v) is 7.96. The summed E-state index contributed by atoms with van der Waals surface area (Å²) in [5, 5.41) is 4.95. The highest BCUT2D eigenvalue weighted by molar-refractivity contribution is 6.31. The van der Waals surface area contributed by atoms with E-state index < -0.39 is 0 Å². The predicted octanol–water partition coefficient (Wildman–Crippen LogP) is 4.42. The predicted molar refractivity (Wildman–Crippen MR) is 98.0 cm³/mol. The summed E-state index contributed by atoms with van der Waals surface area (Å²) in [6.07, 6.45) is 0.872. The molecule has 1 aliphatic heterocycles. The van der Waals surface area contributed by atoms with Crippen LogP contribution in [-0.4, -0.2) is 26.2 Å². The van der Waals surface area contributed by atoms with Crippen LogP contribution in [0.25, 0.3) is 0 Å². The zero-order valence-electron chi connectivity index (χ0n) is 12.2. The van der Waals surface area contributed by atoms with Gasteiger partial charge in [-0.25, -0.2) is 0 Å². The molecule has 2 aromatic carbocycles. The molecule has 3 rings (SSSR count). The van der Waals surface area contributed by atoms with Gasteiger partial charge in [-0.2, -0.15) is 0 Å². The molecular weight excluding hydrogens is 339 g/mol. The fourth-order valence-corrected chi connectivity index (χ4v) is 3.05. The minimum Gasteiger partial charge on any atom is -0.369 e. The van der Waals surface area contributed by atoms with Crippen molar-refractivity contribution in [3.63, 3.8) is 0 Å². The van der Waals surface area contributed by atoms with E-state index in [9.17, 15) is 0 Å². The number of hydrogen-bond donors (Lipinski definition) is 1. The first-order valence-electron chi connectivity index (χ1n) is 7.21. The fraction of sp³-hybridized carbons (Fsp3) is 0.294. The van der Waals surface area contributed by atoms with Crippen molar-refractivity contribution in [3.05, 3.63) is 63.6 Å². The molecule has 0 aliphatic carbocycles. The van der Waals surface area contributed by atoms with E-state index in [1.54, 1.807) is 0 Å². The second-order valence-corrected chi connectivity index (χ2v) is 6.19. The van der Waals surface area contributed by atoms with E-state index in [4.69, 9.17) is 23.2 Å². The van der Waals surface area contributed by atoms with Crippen LogP contribution < -0.4 is 10.2 Å². The summed E-state index contributed by atoms with van der Waals surface area (Å²) in [6, 6.07) is 14.2. The van der Waals surface area contributed by atoms with E-state index in [1.807, 2.05) is 18.2 Å². The van der Waals surface area contributed by atoms with E-state index in [0.29, 0.717) is 0 Å². The number of benzene rings is 2. The monoisotopic (exact) mass is 356 g/mol. The lowest BCUT2D eigenvalue weighted by molar-refractivity contribution is 0.588. The highest BCUT2D eigenvalue weighted by Gasteiger charge is 2.14. The number of rotatable bonds is 3. The van der Waals surface area contributed by atoms with Gasteiger partial charge in [0.05, 0.1) is 0 Å². The normalized spacial score (nSPS) is 14.5. The molecule has 0 bridgehead atoms. The summed E-state index contributed by atoms with van der Waals surface area (Å²) >= 11 is 12.2. The van der Waals surface area contributed by atoms with E-state index in [1.165, 1.54) is 16.8 Å². The molecule has 0 unspecified atom stereocenters. The third-order valence-electron chi connectivity index (χ3n) is 3.81. The third-order valence-corrected chi connectivity index (χ3v) is 4.29. The zero-order valence-corrected chi connectivity index (χ0v) is 14.5. The van der Waals surface area contributed by atoms with Crippen molar-refractivity contribution in [1.29, 1.82) is 0 Å². The summed E-state index contributed by atoms with van der Waals surface area (Å²) in [4.78, 5) is 2.43. The van der Waals surface area contributed by atoms with Crippen LogP contribution in [0.2, 0.25) is 10.0 Å². The van der Waals surface area contributed by atoms with E-state index >= 15 is 0 Å². The summed E-state index contributed by atoms with van der Waals surface area (Å²) in [5.74, 6) is 0. The van der Waals surface area contributed by atoms with Gasteiger partial charge in [-0.05, 0) is 47.9 Å². The number of nitrogens with one attached hydrogen (secondary N) is 1. The molecule has 1 N–H and O–H groups in total. The number of halogens is 3. The number of anilines is 1. The van der Waals surface area contributed by atoms with Gasteiger partial charge in [0.1, 0.15) is 0 Å². The van der Waals surface area contributed by atoms with Gasteiger partial charge in [0.2, 0.25) is 0 Å². The van der Waals surface area contributed by atoms with Crippen LogP contribution >= 0.6 is 35.6 Å². The molecule has 1 saturated heterocycles. The lowest BCUT2D eigenvalue weighted by atomic mass is 10.0. The standard InChI is InChI=1S/C17H18Cl2N2.ClH/c18-15-3-1-13(2-4-15)11-14-12-16(19)5-6-17(14)21-9-7-20-8-10-21;/h1-6,12,20H,7-11H2;1H. The Balaban J connectivity index is 0.00000176. The quantitative estimate of drug-likeness (QED) is 0.875. The van der Waals surface area contributed by atoms with Crippen molar-refractivity contribution in [2.24, 2.45) is 0 Å². The number of hydrogen-bond acceptors (Lipinski definition) is 2. The Bertz CT molecular complexity index is 608. The van der Waals surface area contributed by atoms with Crippen LogP contribution in [0, 0.1) is 0 Å². The Hall–Kier alpha value is -0.930. The van der Waals surface area contributed by atoms with Gasteiger partial charge in [0.15, 0.2) is 0 Å². The van der Waals surface area contributed by atoms with Crippen molar-refractivity contribution < 1.29 is 0 Å². The maximum absolute atomic E-state index is 6.20. The molecule has 2 nitrogen and oxygen atoms in total. The summed E-state index contributed by atoms with van der Waals surface area (Å²) < 4.78 is 0. The van der Waals surface area contributed by atoms with Crippen LogP contribution in [0.3, 0.4) is 0 Å². The van der Waals surface area contributed by atoms with Crippen LogP contribution in [-0.2, 0) is 6.42 Å². The Morgan fingerprint density at radius 3 is 2.23 bits per heavy atom. The van der Waals surface area contributed by atoms with Gasteiger partial charge < -0.3 is 10.2 Å². The maximum Gasteiger partial charge on any atom is 0.0410 e. The lowest BCUT2D eigenvalue weighted by Crippen LogP contribution is -2.43. The molecular formula is C17H19Cl3N2. The molecule has 0 radical (unpaired) electrons. The van der Waals surface area contributed by atoms with E-state index in [-0.39, 0.29) is 12.4 Å². The van der Waals surface area contributed by atoms with Crippen molar-refractivity contribution in [3.8, 4) is 0 Å². The highest BCUT2D eigenvalue weighted by Crippen LogP contribution is 2.27. The Labute approximate surface area is 147 Å². The Morgan fingerprint density at radius 1 is 0.909 bits per heavy atom. The molecule has 118 valence electrons. The maximum atomic E-state index is 6.20. The average Bonchev–Trinajstić information content (AvgIpc) is 2.51. The number of nitrogens with zero attached hydrogens (tertiary/aromatic N) is 1. The summed E-state index contributed by atoms with van der Waals surface area (Å²) in [6.45, 7) is 4.14. The SMILES string of the molecule is Cl.Clc1ccc(Cc2cc(Cl)ccc2N2CCNCC2)cc1. The molecule has 0 atom stereocenters. The van der Waals surface area contributed by atoms with Crippen LogP contribution in [0.15, 0.2) is 42.5 Å². The average molecular weight is 358 g/mol. The molecule has 0 saturated carbocycles. The topological polar surface area (TPSA) is 15.3 Å². The smallest absolute Gasteiger partial charge is 0.0410 e. The molecule has 1 heterocycles. The van der Waals surface area contributed by atoms with Gasteiger partial charge in [-0.3, -0.25) is 0 Å². The molecule has 0 spiro atoms. The van der Waals surface area contributed by atoms with Crippen LogP contribution in [0.1, 0.15) is 11.1 Å². The van der Waals surface area contributed by atoms with Gasteiger partial charge in [-0.1, -0.05) is 35.3 Å². The molecule has 2 aromatic rings. The minimum absolute atomic E-state index is 0. The second kappa shape index (κ2) is 8.07. The van der Waals surface area contributed by atoms with Crippen molar-refractivity contribution in [2.45, 2.75) is 6.42 Å². The minimum atomic E-state index is 0. The van der Waals surface area contributed by atoms with Crippen LogP contribution in [0.4, 0.5) is 5.69 Å². The van der Waals surface area contributed by atoms with Gasteiger partial charge in [0, 0.05) is 41.9 Å². The third kappa shape index (κ3) is 4.30. The van der Waals surface area contributed by atoms with Gasteiger partial charge in [0.25, 0.3) is 0 Å². The zero-order chi connectivity index (χ0) is 14.7. The highest BCUT2D eigenvalue weighted by atomic mass is 35.5. The summed E-state index contributed by atoms with van der Waals surface area (Å²) in [7, 11) is 0. The van der Waals surface area contributed by atoms with Gasteiger partial charge in [-0.15, -0.1) is 12.4 Å². The summed E-state index contributed by atoms with van der Waals surface area (Å²) in [5.41, 5.74) is 3.81. The fourth-order valence-electron chi connectivity index (χ4n) is 2.73. The molecule has 5 heteroatoms. The first-order chi connectivity index (χ1) is 10.2. The van der Waals surface area contributed by atoms with E-state index in [0.717, 1.165) is 42.6 Å².